The van der Waals surface area contributed by atoms with Gasteiger partial charge in [-0.05, 0) is 27.6 Å². The molecule has 0 saturated carbocycles. The summed E-state index contributed by atoms with van der Waals surface area (Å²) in [6.07, 6.45) is -2.42. The van der Waals surface area contributed by atoms with Crippen LogP contribution in [0.15, 0.2) is 22.7 Å². The Morgan fingerprint density at radius 3 is 3.33 bits per heavy atom. The van der Waals surface area contributed by atoms with E-state index in [9.17, 15) is 4.79 Å². The van der Waals surface area contributed by atoms with Gasteiger partial charge in [-0.1, -0.05) is 12.1 Å². The molecule has 2 rings (SSSR count). The van der Waals surface area contributed by atoms with E-state index in [4.69, 9.17) is 7.48 Å². The van der Waals surface area contributed by atoms with Crippen LogP contribution in [0.4, 0.5) is 0 Å². The molecule has 0 aliphatic carbocycles. The standard InChI is InChI=1S/C9H7BrO2/c10-8-3-1-2-6-4-7(5-11)12-9(6)8/h1-3,5,7H,4H2/i4D,7D. The Morgan fingerprint density at radius 2 is 2.67 bits per heavy atom. The molecule has 0 amide bonds. The molecule has 3 heteroatoms. The first kappa shape index (κ1) is 5.75. The van der Waals surface area contributed by atoms with Crippen molar-refractivity contribution in [2.45, 2.75) is 12.5 Å². The Bertz CT molecular complexity index is 396. The van der Waals surface area contributed by atoms with Gasteiger partial charge in [0.2, 0.25) is 0 Å². The highest BCUT2D eigenvalue weighted by Gasteiger charge is 2.23. The summed E-state index contributed by atoms with van der Waals surface area (Å²) >= 11 is 3.25. The van der Waals surface area contributed by atoms with Crippen LogP contribution in [-0.2, 0) is 11.2 Å². The lowest BCUT2D eigenvalue weighted by Gasteiger charge is -2.02. The fraction of sp³-hybridized carbons (Fsp3) is 0.222. The zero-order chi connectivity index (χ0) is 10.3. The Balaban J connectivity index is 2.55. The molecule has 1 aromatic carbocycles. The van der Waals surface area contributed by atoms with Crippen molar-refractivity contribution in [1.29, 1.82) is 0 Å². The number of halogens is 1. The molecule has 2 unspecified atom stereocenters. The van der Waals surface area contributed by atoms with Crippen LogP contribution in [0.3, 0.4) is 0 Å². The van der Waals surface area contributed by atoms with E-state index in [0.29, 0.717) is 22.1 Å². The number of rotatable bonds is 1. The van der Waals surface area contributed by atoms with Crippen LogP contribution >= 0.6 is 15.9 Å². The molecule has 0 fully saturated rings. The monoisotopic (exact) mass is 228 g/mol. The molecule has 1 heterocycles. The lowest BCUT2D eigenvalue weighted by Crippen LogP contribution is -2.13. The highest BCUT2D eigenvalue weighted by atomic mass is 79.9. The largest absolute Gasteiger partial charge is 0.481 e. The van der Waals surface area contributed by atoms with Crippen LogP contribution in [0.5, 0.6) is 5.75 Å². The molecule has 12 heavy (non-hydrogen) atoms. The van der Waals surface area contributed by atoms with E-state index in [1.54, 1.807) is 18.2 Å². The van der Waals surface area contributed by atoms with Crippen LogP contribution in [0.1, 0.15) is 8.30 Å². The molecule has 2 nitrogen and oxygen atoms in total. The van der Waals surface area contributed by atoms with E-state index >= 15 is 0 Å². The molecule has 0 aromatic heterocycles. The maximum absolute atomic E-state index is 10.7. The Labute approximate surface area is 81.5 Å². The van der Waals surface area contributed by atoms with Gasteiger partial charge in [-0.25, -0.2) is 0 Å². The summed E-state index contributed by atoms with van der Waals surface area (Å²) in [6, 6.07) is 5.20. The quantitative estimate of drug-likeness (QED) is 0.688. The highest BCUT2D eigenvalue weighted by molar-refractivity contribution is 9.10. The van der Waals surface area contributed by atoms with E-state index < -0.39 is 12.5 Å². The molecule has 0 bridgehead atoms. The molecular weight excluding hydrogens is 220 g/mol. The second-order valence-corrected chi connectivity index (χ2v) is 3.28. The average molecular weight is 229 g/mol. The van der Waals surface area contributed by atoms with Gasteiger partial charge in [-0.3, -0.25) is 4.79 Å². The number of hydrogen-bond donors (Lipinski definition) is 0. The van der Waals surface area contributed by atoms with E-state index in [1.807, 2.05) is 0 Å². The lowest BCUT2D eigenvalue weighted by atomic mass is 10.1. The minimum absolute atomic E-state index is 0.358. The van der Waals surface area contributed by atoms with Gasteiger partial charge >= 0.3 is 0 Å². The Morgan fingerprint density at radius 1 is 1.83 bits per heavy atom. The summed E-state index contributed by atoms with van der Waals surface area (Å²) in [5.41, 5.74) is 0.571. The molecule has 1 aliphatic rings. The maximum atomic E-state index is 10.7. The highest BCUT2D eigenvalue weighted by Crippen LogP contribution is 2.35. The van der Waals surface area contributed by atoms with Gasteiger partial charge in [0.05, 0.1) is 5.84 Å². The van der Waals surface area contributed by atoms with Gasteiger partial charge in [-0.15, -0.1) is 0 Å². The molecule has 1 aliphatic heterocycles. The first-order valence-corrected chi connectivity index (χ1v) is 4.24. The van der Waals surface area contributed by atoms with Gasteiger partial charge in [0, 0.05) is 7.77 Å². The van der Waals surface area contributed by atoms with E-state index in [-0.39, 0.29) is 0 Å². The third-order valence-corrected chi connectivity index (χ3v) is 2.26. The first-order valence-electron chi connectivity index (χ1n) is 4.52. The summed E-state index contributed by atoms with van der Waals surface area (Å²) < 4.78 is 21.1. The smallest absolute Gasteiger partial charge is 0.160 e. The number of fused-ring (bicyclic) bond motifs is 1. The molecule has 0 spiro atoms. The number of benzene rings is 1. The first-order chi connectivity index (χ1) is 6.58. The summed E-state index contributed by atoms with van der Waals surface area (Å²) in [7, 11) is 0. The Hall–Kier alpha value is -0.830. The van der Waals surface area contributed by atoms with E-state index in [1.165, 1.54) is 0 Å². The number of aldehydes is 1. The van der Waals surface area contributed by atoms with Gasteiger partial charge in [0.15, 0.2) is 12.4 Å². The molecule has 1 aromatic rings. The Kier molecular flexibility index (Phi) is 1.39. The van der Waals surface area contributed by atoms with Crippen molar-refractivity contribution in [3.63, 3.8) is 0 Å². The topological polar surface area (TPSA) is 26.3 Å². The third kappa shape index (κ3) is 1.14. The summed E-state index contributed by atoms with van der Waals surface area (Å²) in [5.74, 6) is 0.426. The van der Waals surface area contributed by atoms with Gasteiger partial charge < -0.3 is 4.74 Å². The molecule has 0 N–H and O–H groups in total. The van der Waals surface area contributed by atoms with Crippen molar-refractivity contribution in [2.24, 2.45) is 0 Å². The second kappa shape index (κ2) is 2.90. The summed E-state index contributed by atoms with van der Waals surface area (Å²) in [4.78, 5) is 10.7. The van der Waals surface area contributed by atoms with Gasteiger partial charge in [0.25, 0.3) is 0 Å². The molecule has 0 radical (unpaired) electrons. The van der Waals surface area contributed by atoms with E-state index in [0.717, 1.165) is 0 Å². The van der Waals surface area contributed by atoms with Crippen LogP contribution < -0.4 is 4.74 Å². The van der Waals surface area contributed by atoms with Gasteiger partial charge in [-0.2, -0.15) is 0 Å². The predicted octanol–water partition coefficient (Wildman–Crippen LogP) is 1.95. The average Bonchev–Trinajstić information content (AvgIpc) is 2.44. The van der Waals surface area contributed by atoms with Gasteiger partial charge in [0.1, 0.15) is 5.75 Å². The second-order valence-electron chi connectivity index (χ2n) is 2.42. The van der Waals surface area contributed by atoms with Crippen molar-refractivity contribution in [3.05, 3.63) is 28.2 Å². The normalized spacial score (nSPS) is 34.6. The zero-order valence-electron chi connectivity index (χ0n) is 8.08. The van der Waals surface area contributed by atoms with Crippen molar-refractivity contribution in [2.75, 3.05) is 0 Å². The van der Waals surface area contributed by atoms with Crippen LogP contribution in [0.2, 0.25) is 0 Å². The molecular formula is C9H7BrO2. The maximum Gasteiger partial charge on any atom is 0.160 e. The van der Waals surface area contributed by atoms with Crippen molar-refractivity contribution >= 4 is 22.2 Å². The van der Waals surface area contributed by atoms with Crippen LogP contribution in [-0.4, -0.2) is 12.4 Å². The van der Waals surface area contributed by atoms with Crippen molar-refractivity contribution in [3.8, 4) is 5.75 Å². The number of hydrogen-bond acceptors (Lipinski definition) is 2. The SMILES string of the molecule is [2H]C1c2cccc(Br)c2OC1([2H])C=O. The number of carbonyl (C=O) groups is 1. The number of carbonyl (C=O) groups excluding carboxylic acids is 1. The van der Waals surface area contributed by atoms with Crippen molar-refractivity contribution < 1.29 is 12.3 Å². The third-order valence-electron chi connectivity index (χ3n) is 1.63. The predicted molar refractivity (Wildman–Crippen MR) is 48.3 cm³/mol. The van der Waals surface area contributed by atoms with E-state index in [2.05, 4.69) is 15.9 Å². The summed E-state index contributed by atoms with van der Waals surface area (Å²) in [5, 5.41) is 0. The number of para-hydroxylation sites is 1. The minimum Gasteiger partial charge on any atom is -0.481 e. The van der Waals surface area contributed by atoms with Crippen molar-refractivity contribution in [1.82, 2.24) is 0 Å². The minimum atomic E-state index is -1.80. The molecule has 0 saturated heterocycles. The lowest BCUT2D eigenvalue weighted by molar-refractivity contribution is -0.113. The summed E-state index contributed by atoms with van der Waals surface area (Å²) in [6.45, 7) is 0. The van der Waals surface area contributed by atoms with Crippen LogP contribution in [0.25, 0.3) is 0 Å². The number of ether oxygens (including phenoxy) is 1. The fourth-order valence-corrected chi connectivity index (χ4v) is 1.57. The molecule has 2 atom stereocenters. The zero-order valence-corrected chi connectivity index (χ0v) is 7.67. The fourth-order valence-electron chi connectivity index (χ4n) is 1.11. The van der Waals surface area contributed by atoms with Crippen LogP contribution in [0, 0.1) is 0 Å². The molecule has 62 valence electrons.